The third-order valence-electron chi connectivity index (χ3n) is 5.06. The number of aromatic nitrogens is 1. The van der Waals surface area contributed by atoms with Gasteiger partial charge in [0.25, 0.3) is 15.9 Å². The molecule has 0 bridgehead atoms. The van der Waals surface area contributed by atoms with E-state index in [1.807, 2.05) is 6.92 Å². The number of aryl methyl sites for hydroxylation is 1. The fraction of sp³-hybridized carbons (Fsp3) is 0.0800. The lowest BCUT2D eigenvalue weighted by atomic mass is 10.1. The second-order valence-corrected chi connectivity index (χ2v) is 10.1. The number of carbonyl (C=O) groups excluding carboxylic acids is 2. The molecule has 1 aromatic heterocycles. The summed E-state index contributed by atoms with van der Waals surface area (Å²) < 4.78 is 32.3. The standard InChI is InChI=1S/C25H21N3O5S2/c1-16-3-13-21(14-4-16)35(31,32)28-20-11-9-18(10-12-20)23(29)27-25-26-22(15-34-25)17-5-7-19(8-6-17)24(30)33-2/h3-15,28H,1-2H3,(H,26,27,29). The van der Waals surface area contributed by atoms with E-state index in [9.17, 15) is 18.0 Å². The predicted octanol–water partition coefficient (Wildman–Crippen LogP) is 4.96. The van der Waals surface area contributed by atoms with E-state index in [1.165, 1.54) is 54.8 Å². The Kier molecular flexibility index (Phi) is 6.94. The largest absolute Gasteiger partial charge is 0.465 e. The van der Waals surface area contributed by atoms with E-state index in [1.54, 1.807) is 41.8 Å². The average molecular weight is 508 g/mol. The van der Waals surface area contributed by atoms with Crippen molar-refractivity contribution < 1.29 is 22.7 Å². The minimum Gasteiger partial charge on any atom is -0.465 e. The fourth-order valence-corrected chi connectivity index (χ4v) is 4.92. The van der Waals surface area contributed by atoms with Crippen LogP contribution in [0, 0.1) is 6.92 Å². The molecular weight excluding hydrogens is 486 g/mol. The maximum Gasteiger partial charge on any atom is 0.337 e. The molecule has 0 atom stereocenters. The molecular formula is C25H21N3O5S2. The maximum absolute atomic E-state index is 12.6. The number of methoxy groups -OCH3 is 1. The van der Waals surface area contributed by atoms with Crippen LogP contribution in [-0.2, 0) is 14.8 Å². The number of hydrogen-bond donors (Lipinski definition) is 2. The quantitative estimate of drug-likeness (QED) is 0.342. The van der Waals surface area contributed by atoms with Gasteiger partial charge in [0, 0.05) is 22.2 Å². The van der Waals surface area contributed by atoms with Gasteiger partial charge in [-0.15, -0.1) is 11.3 Å². The lowest BCUT2D eigenvalue weighted by Gasteiger charge is -2.09. The van der Waals surface area contributed by atoms with Gasteiger partial charge in [0.15, 0.2) is 5.13 Å². The first-order chi connectivity index (χ1) is 16.7. The van der Waals surface area contributed by atoms with Crippen molar-refractivity contribution in [3.8, 4) is 11.3 Å². The molecule has 10 heteroatoms. The van der Waals surface area contributed by atoms with Gasteiger partial charge in [0.1, 0.15) is 0 Å². The van der Waals surface area contributed by atoms with Crippen LogP contribution < -0.4 is 10.0 Å². The number of rotatable bonds is 7. The van der Waals surface area contributed by atoms with Crippen molar-refractivity contribution in [3.05, 3.63) is 94.9 Å². The third kappa shape index (κ3) is 5.73. The molecule has 0 unspecified atom stereocenters. The van der Waals surface area contributed by atoms with E-state index < -0.39 is 16.0 Å². The maximum atomic E-state index is 12.6. The highest BCUT2D eigenvalue weighted by Crippen LogP contribution is 2.26. The van der Waals surface area contributed by atoms with Gasteiger partial charge in [-0.2, -0.15) is 0 Å². The summed E-state index contributed by atoms with van der Waals surface area (Å²) in [7, 11) is -2.41. The number of sulfonamides is 1. The molecule has 35 heavy (non-hydrogen) atoms. The van der Waals surface area contributed by atoms with Crippen molar-refractivity contribution in [2.75, 3.05) is 17.1 Å². The van der Waals surface area contributed by atoms with Crippen LogP contribution in [0.3, 0.4) is 0 Å². The molecule has 0 fully saturated rings. The van der Waals surface area contributed by atoms with Crippen molar-refractivity contribution in [1.82, 2.24) is 4.98 Å². The van der Waals surface area contributed by atoms with Gasteiger partial charge in [0.05, 0.1) is 23.3 Å². The molecule has 3 aromatic carbocycles. The number of ether oxygens (including phenoxy) is 1. The minimum absolute atomic E-state index is 0.157. The van der Waals surface area contributed by atoms with Crippen LogP contribution in [0.25, 0.3) is 11.3 Å². The van der Waals surface area contributed by atoms with Gasteiger partial charge in [-0.05, 0) is 55.5 Å². The molecule has 0 aliphatic rings. The van der Waals surface area contributed by atoms with Crippen molar-refractivity contribution in [2.45, 2.75) is 11.8 Å². The van der Waals surface area contributed by atoms with E-state index >= 15 is 0 Å². The number of carbonyl (C=O) groups is 2. The first kappa shape index (κ1) is 24.1. The zero-order chi connectivity index (χ0) is 25.0. The summed E-state index contributed by atoms with van der Waals surface area (Å²) in [6.07, 6.45) is 0. The van der Waals surface area contributed by atoms with Gasteiger partial charge in [0.2, 0.25) is 0 Å². The summed E-state index contributed by atoms with van der Waals surface area (Å²) >= 11 is 1.27. The SMILES string of the molecule is COC(=O)c1ccc(-c2csc(NC(=O)c3ccc(NS(=O)(=O)c4ccc(C)cc4)cc3)n2)cc1. The summed E-state index contributed by atoms with van der Waals surface area (Å²) in [5.41, 5.74) is 3.53. The molecule has 0 aliphatic heterocycles. The molecule has 0 radical (unpaired) electrons. The second-order valence-electron chi connectivity index (χ2n) is 7.56. The number of thiazole rings is 1. The molecule has 0 saturated heterocycles. The monoisotopic (exact) mass is 507 g/mol. The lowest BCUT2D eigenvalue weighted by Crippen LogP contribution is -2.14. The summed E-state index contributed by atoms with van der Waals surface area (Å²) in [5.74, 6) is -0.795. The number of nitrogens with zero attached hydrogens (tertiary/aromatic N) is 1. The van der Waals surface area contributed by atoms with Crippen LogP contribution in [-0.4, -0.2) is 32.4 Å². The molecule has 0 aliphatic carbocycles. The zero-order valence-electron chi connectivity index (χ0n) is 18.8. The lowest BCUT2D eigenvalue weighted by molar-refractivity contribution is 0.0600. The Morgan fingerprint density at radius 2 is 1.51 bits per heavy atom. The highest BCUT2D eigenvalue weighted by Gasteiger charge is 2.15. The molecule has 4 aromatic rings. The summed E-state index contributed by atoms with van der Waals surface area (Å²) in [6.45, 7) is 1.88. The van der Waals surface area contributed by atoms with Gasteiger partial charge in [-0.25, -0.2) is 18.2 Å². The molecule has 1 amide bonds. The molecule has 0 saturated carbocycles. The number of nitrogens with one attached hydrogen (secondary N) is 2. The van der Waals surface area contributed by atoms with Crippen LogP contribution in [0.15, 0.2) is 83.1 Å². The minimum atomic E-state index is -3.73. The zero-order valence-corrected chi connectivity index (χ0v) is 20.4. The topological polar surface area (TPSA) is 114 Å². The Bertz CT molecular complexity index is 1460. The Balaban J connectivity index is 1.40. The Labute approximate surface area is 206 Å². The first-order valence-electron chi connectivity index (χ1n) is 10.4. The van der Waals surface area contributed by atoms with Gasteiger partial charge in [-0.3, -0.25) is 14.8 Å². The van der Waals surface area contributed by atoms with Crippen LogP contribution in [0.2, 0.25) is 0 Å². The Morgan fingerprint density at radius 3 is 2.14 bits per heavy atom. The highest BCUT2D eigenvalue weighted by atomic mass is 32.2. The Hall–Kier alpha value is -4.02. The van der Waals surface area contributed by atoms with Crippen LogP contribution in [0.1, 0.15) is 26.3 Å². The summed E-state index contributed by atoms with van der Waals surface area (Å²) in [5, 5.41) is 4.95. The van der Waals surface area contributed by atoms with Crippen molar-refractivity contribution in [3.63, 3.8) is 0 Å². The number of anilines is 2. The van der Waals surface area contributed by atoms with E-state index in [4.69, 9.17) is 4.74 Å². The predicted molar refractivity (Wildman–Crippen MR) is 135 cm³/mol. The summed E-state index contributed by atoms with van der Waals surface area (Å²) in [6, 6.07) is 19.4. The van der Waals surface area contributed by atoms with Crippen LogP contribution in [0.5, 0.6) is 0 Å². The molecule has 2 N–H and O–H groups in total. The number of hydrogen-bond acceptors (Lipinski definition) is 7. The number of amides is 1. The fourth-order valence-electron chi connectivity index (χ4n) is 3.15. The molecule has 4 rings (SSSR count). The van der Waals surface area contributed by atoms with Gasteiger partial charge < -0.3 is 4.74 Å². The van der Waals surface area contributed by atoms with Crippen LogP contribution >= 0.6 is 11.3 Å². The summed E-state index contributed by atoms with van der Waals surface area (Å²) in [4.78, 5) is 28.8. The molecule has 0 spiro atoms. The van der Waals surface area contributed by atoms with Gasteiger partial charge in [-0.1, -0.05) is 29.8 Å². The molecule has 178 valence electrons. The van der Waals surface area contributed by atoms with E-state index in [2.05, 4.69) is 15.0 Å². The smallest absolute Gasteiger partial charge is 0.337 e. The van der Waals surface area contributed by atoms with E-state index in [-0.39, 0.29) is 10.8 Å². The number of esters is 1. The average Bonchev–Trinajstić information content (AvgIpc) is 3.32. The Morgan fingerprint density at radius 1 is 0.886 bits per heavy atom. The van der Waals surface area contributed by atoms with Gasteiger partial charge >= 0.3 is 5.97 Å². The normalized spacial score (nSPS) is 11.0. The van der Waals surface area contributed by atoms with E-state index in [0.29, 0.717) is 27.6 Å². The van der Waals surface area contributed by atoms with Crippen LogP contribution in [0.4, 0.5) is 10.8 Å². The van der Waals surface area contributed by atoms with Crippen molar-refractivity contribution in [1.29, 1.82) is 0 Å². The molecule has 1 heterocycles. The highest BCUT2D eigenvalue weighted by molar-refractivity contribution is 7.92. The van der Waals surface area contributed by atoms with Crippen molar-refractivity contribution >= 4 is 44.1 Å². The second kappa shape index (κ2) is 10.1. The third-order valence-corrected chi connectivity index (χ3v) is 7.21. The molecule has 8 nitrogen and oxygen atoms in total. The van der Waals surface area contributed by atoms with Crippen molar-refractivity contribution in [2.24, 2.45) is 0 Å². The first-order valence-corrected chi connectivity index (χ1v) is 12.8. The van der Waals surface area contributed by atoms with E-state index in [0.717, 1.165) is 11.1 Å². The number of benzene rings is 3.